The van der Waals surface area contributed by atoms with Crippen molar-refractivity contribution in [1.82, 2.24) is 15.5 Å². The molecule has 2 N–H and O–H groups in total. The minimum absolute atomic E-state index is 0.0149. The predicted octanol–water partition coefficient (Wildman–Crippen LogP) is 2.75. The molecule has 1 saturated heterocycles. The van der Waals surface area contributed by atoms with Crippen LogP contribution in [0.5, 0.6) is 0 Å². The Morgan fingerprint density at radius 3 is 2.74 bits per heavy atom. The number of hydrogen-bond acceptors (Lipinski definition) is 4. The molecule has 2 heterocycles. The summed E-state index contributed by atoms with van der Waals surface area (Å²) in [4.78, 5) is 27.0. The topological polar surface area (TPSA) is 74.6 Å². The second-order valence-electron chi connectivity index (χ2n) is 6.71. The van der Waals surface area contributed by atoms with Gasteiger partial charge in [0.15, 0.2) is 0 Å². The highest BCUT2D eigenvalue weighted by molar-refractivity contribution is 6.33. The average Bonchev–Trinajstić information content (AvgIpc) is 3.28. The zero-order valence-electron chi connectivity index (χ0n) is 15.5. The monoisotopic (exact) mass is 389 g/mol. The number of carbonyl (C=O) groups excluding carboxylic acids is 2. The maximum atomic E-state index is 12.8. The third-order valence-electron chi connectivity index (χ3n) is 4.72. The molecule has 0 aliphatic carbocycles. The zero-order valence-corrected chi connectivity index (χ0v) is 16.3. The Balaban J connectivity index is 1.57. The van der Waals surface area contributed by atoms with Gasteiger partial charge >= 0.3 is 0 Å². The summed E-state index contributed by atoms with van der Waals surface area (Å²) < 4.78 is 5.58. The normalized spacial score (nSPS) is 19.1. The Hall–Kier alpha value is -2.31. The molecule has 0 saturated carbocycles. The number of benzene rings is 1. The number of nitrogens with zero attached hydrogens (tertiary/aromatic N) is 1. The Morgan fingerprint density at radius 1 is 1.30 bits per heavy atom. The van der Waals surface area contributed by atoms with E-state index in [-0.39, 0.29) is 23.9 Å². The number of rotatable bonds is 6. The van der Waals surface area contributed by atoms with E-state index in [9.17, 15) is 9.59 Å². The second-order valence-corrected chi connectivity index (χ2v) is 7.12. The molecule has 144 valence electrons. The predicted molar refractivity (Wildman–Crippen MR) is 104 cm³/mol. The Bertz CT molecular complexity index is 820. The van der Waals surface area contributed by atoms with Crippen molar-refractivity contribution >= 4 is 23.4 Å². The Labute approximate surface area is 163 Å². The van der Waals surface area contributed by atoms with E-state index in [4.69, 9.17) is 16.0 Å². The first-order valence-electron chi connectivity index (χ1n) is 9.10. The number of furan rings is 1. The lowest BCUT2D eigenvalue weighted by Crippen LogP contribution is -2.43. The molecule has 1 aromatic heterocycles. The summed E-state index contributed by atoms with van der Waals surface area (Å²) >= 11 is 6.08. The fourth-order valence-corrected chi connectivity index (χ4v) is 3.49. The largest absolute Gasteiger partial charge is 0.464 e. The molecule has 1 aliphatic rings. The van der Waals surface area contributed by atoms with Gasteiger partial charge in [-0.05, 0) is 44.5 Å². The molecule has 1 aliphatic heterocycles. The van der Waals surface area contributed by atoms with Crippen LogP contribution in [0.4, 0.5) is 0 Å². The lowest BCUT2D eigenvalue weighted by Gasteiger charge is -2.23. The first-order chi connectivity index (χ1) is 13.0. The molecule has 1 fully saturated rings. The zero-order chi connectivity index (χ0) is 19.4. The van der Waals surface area contributed by atoms with Crippen molar-refractivity contribution in [2.75, 3.05) is 13.1 Å². The summed E-state index contributed by atoms with van der Waals surface area (Å²) in [5.41, 5.74) is 0.442. The average molecular weight is 390 g/mol. The van der Waals surface area contributed by atoms with Gasteiger partial charge in [-0.1, -0.05) is 23.7 Å². The van der Waals surface area contributed by atoms with Gasteiger partial charge in [-0.15, -0.1) is 0 Å². The van der Waals surface area contributed by atoms with Crippen molar-refractivity contribution in [2.45, 2.75) is 38.9 Å². The lowest BCUT2D eigenvalue weighted by atomic mass is 10.1. The van der Waals surface area contributed by atoms with Crippen LogP contribution in [0.3, 0.4) is 0 Å². The highest BCUT2D eigenvalue weighted by Gasteiger charge is 2.33. The SMILES string of the molecule is CCN(Cc1ccc(C)o1)C(=O)[C@@H]1C[C@@H](NC(=O)c2ccccc2Cl)CN1. The summed E-state index contributed by atoms with van der Waals surface area (Å²) in [7, 11) is 0. The highest BCUT2D eigenvalue weighted by atomic mass is 35.5. The number of amides is 2. The molecule has 3 rings (SSSR count). The smallest absolute Gasteiger partial charge is 0.253 e. The second kappa shape index (κ2) is 8.59. The van der Waals surface area contributed by atoms with Gasteiger partial charge in [-0.3, -0.25) is 9.59 Å². The van der Waals surface area contributed by atoms with E-state index >= 15 is 0 Å². The van der Waals surface area contributed by atoms with Crippen LogP contribution in [0.2, 0.25) is 5.02 Å². The summed E-state index contributed by atoms with van der Waals surface area (Å²) in [6.45, 7) is 5.40. The molecule has 2 atom stereocenters. The molecule has 0 unspecified atom stereocenters. The maximum Gasteiger partial charge on any atom is 0.253 e. The van der Waals surface area contributed by atoms with Crippen molar-refractivity contribution in [3.05, 3.63) is 58.5 Å². The van der Waals surface area contributed by atoms with Gasteiger partial charge in [0.1, 0.15) is 11.5 Å². The van der Waals surface area contributed by atoms with Crippen LogP contribution in [-0.2, 0) is 11.3 Å². The number of hydrogen-bond donors (Lipinski definition) is 2. The van der Waals surface area contributed by atoms with Crippen LogP contribution >= 0.6 is 11.6 Å². The number of nitrogens with one attached hydrogen (secondary N) is 2. The highest BCUT2D eigenvalue weighted by Crippen LogP contribution is 2.17. The molecule has 7 heteroatoms. The van der Waals surface area contributed by atoms with E-state index in [1.807, 2.05) is 26.0 Å². The van der Waals surface area contributed by atoms with Crippen LogP contribution in [0.25, 0.3) is 0 Å². The Kier molecular flexibility index (Phi) is 6.19. The molecular formula is C20H24ClN3O3. The van der Waals surface area contributed by atoms with Gasteiger partial charge in [-0.2, -0.15) is 0 Å². The quantitative estimate of drug-likeness (QED) is 0.796. The fourth-order valence-electron chi connectivity index (χ4n) is 3.27. The number of likely N-dealkylation sites (N-methyl/N-ethyl adjacent to an activating group) is 1. The molecular weight excluding hydrogens is 366 g/mol. The third-order valence-corrected chi connectivity index (χ3v) is 5.05. The van der Waals surface area contributed by atoms with Crippen LogP contribution < -0.4 is 10.6 Å². The minimum Gasteiger partial charge on any atom is -0.464 e. The number of aryl methyl sites for hydroxylation is 1. The first-order valence-corrected chi connectivity index (χ1v) is 9.48. The van der Waals surface area contributed by atoms with Crippen LogP contribution in [0.15, 0.2) is 40.8 Å². The molecule has 27 heavy (non-hydrogen) atoms. The first kappa shape index (κ1) is 19.5. The molecule has 2 aromatic rings. The van der Waals surface area contributed by atoms with Crippen molar-refractivity contribution in [3.63, 3.8) is 0 Å². The van der Waals surface area contributed by atoms with Gasteiger partial charge in [0.25, 0.3) is 5.91 Å². The molecule has 6 nitrogen and oxygen atoms in total. The number of carbonyl (C=O) groups is 2. The van der Waals surface area contributed by atoms with Crippen molar-refractivity contribution in [2.24, 2.45) is 0 Å². The van der Waals surface area contributed by atoms with E-state index < -0.39 is 0 Å². The van der Waals surface area contributed by atoms with Gasteiger partial charge in [-0.25, -0.2) is 0 Å². The van der Waals surface area contributed by atoms with Crippen molar-refractivity contribution in [1.29, 1.82) is 0 Å². The van der Waals surface area contributed by atoms with E-state index in [0.29, 0.717) is 36.6 Å². The standard InChI is InChI=1S/C20H24ClN3O3/c1-3-24(12-15-9-8-13(2)27-15)20(26)18-10-14(11-22-18)23-19(25)16-6-4-5-7-17(16)21/h4-9,14,18,22H,3,10-12H2,1-2H3,(H,23,25)/t14-,18+/m1/s1. The van der Waals surface area contributed by atoms with Gasteiger partial charge < -0.3 is 20.0 Å². The summed E-state index contributed by atoms with van der Waals surface area (Å²) in [6.07, 6.45) is 0.544. The summed E-state index contributed by atoms with van der Waals surface area (Å²) in [5.74, 6) is 1.39. The molecule has 0 bridgehead atoms. The van der Waals surface area contributed by atoms with E-state index in [1.54, 1.807) is 29.2 Å². The van der Waals surface area contributed by atoms with Gasteiger partial charge in [0.05, 0.1) is 23.2 Å². The Morgan fingerprint density at radius 2 is 2.07 bits per heavy atom. The molecule has 0 radical (unpaired) electrons. The fraction of sp³-hybridized carbons (Fsp3) is 0.400. The lowest BCUT2D eigenvalue weighted by molar-refractivity contribution is -0.133. The van der Waals surface area contributed by atoms with Crippen molar-refractivity contribution < 1.29 is 14.0 Å². The molecule has 0 spiro atoms. The summed E-state index contributed by atoms with van der Waals surface area (Å²) in [6, 6.07) is 10.3. The van der Waals surface area contributed by atoms with Crippen molar-refractivity contribution in [3.8, 4) is 0 Å². The molecule has 1 aromatic carbocycles. The van der Waals surface area contributed by atoms with Crippen LogP contribution in [0.1, 0.15) is 35.2 Å². The van der Waals surface area contributed by atoms with Crippen LogP contribution in [0, 0.1) is 6.92 Å². The third kappa shape index (κ3) is 4.70. The van der Waals surface area contributed by atoms with E-state index in [0.717, 1.165) is 11.5 Å². The van der Waals surface area contributed by atoms with Gasteiger partial charge in [0, 0.05) is 19.1 Å². The summed E-state index contributed by atoms with van der Waals surface area (Å²) in [5, 5.41) is 6.59. The maximum absolute atomic E-state index is 12.8. The number of halogens is 1. The van der Waals surface area contributed by atoms with Gasteiger partial charge in [0.2, 0.25) is 5.91 Å². The molecule has 2 amide bonds. The minimum atomic E-state index is -0.322. The van der Waals surface area contributed by atoms with Crippen LogP contribution in [-0.4, -0.2) is 41.9 Å². The van der Waals surface area contributed by atoms with E-state index in [1.165, 1.54) is 0 Å². The van der Waals surface area contributed by atoms with E-state index in [2.05, 4.69) is 10.6 Å².